The molecule has 22 heavy (non-hydrogen) atoms. The van der Waals surface area contributed by atoms with Crippen molar-refractivity contribution >= 4 is 28.7 Å². The van der Waals surface area contributed by atoms with Crippen LogP contribution in [-0.4, -0.2) is 32.7 Å². The van der Waals surface area contributed by atoms with E-state index in [-0.39, 0.29) is 6.54 Å². The van der Waals surface area contributed by atoms with E-state index in [2.05, 4.69) is 9.97 Å². The van der Waals surface area contributed by atoms with E-state index in [4.69, 9.17) is 21.4 Å². The van der Waals surface area contributed by atoms with Gasteiger partial charge in [-0.2, -0.15) is 0 Å². The number of nitrogens with zero attached hydrogens (tertiary/aromatic N) is 3. The highest BCUT2D eigenvalue weighted by molar-refractivity contribution is 6.31. The number of hydrogen-bond acceptors (Lipinski definition) is 4. The molecule has 0 fully saturated rings. The van der Waals surface area contributed by atoms with E-state index >= 15 is 0 Å². The van der Waals surface area contributed by atoms with Gasteiger partial charge in [-0.3, -0.25) is 9.36 Å². The molecule has 7 heteroatoms. The minimum Gasteiger partial charge on any atom is -0.497 e. The number of carboxylic acids is 1. The molecule has 0 spiro atoms. The Morgan fingerprint density at radius 1 is 1.41 bits per heavy atom. The lowest BCUT2D eigenvalue weighted by Gasteiger charge is -2.07. The Bertz CT molecular complexity index is 860. The predicted octanol–water partition coefficient (Wildman–Crippen LogP) is 2.84. The van der Waals surface area contributed by atoms with Crippen molar-refractivity contribution < 1.29 is 14.6 Å². The van der Waals surface area contributed by atoms with Gasteiger partial charge in [-0.05, 0) is 18.2 Å². The fraction of sp³-hybridized carbons (Fsp3) is 0.133. The molecule has 3 rings (SSSR count). The van der Waals surface area contributed by atoms with Crippen LogP contribution < -0.4 is 4.74 Å². The highest BCUT2D eigenvalue weighted by Gasteiger charge is 2.16. The van der Waals surface area contributed by atoms with E-state index in [1.54, 1.807) is 23.8 Å². The van der Waals surface area contributed by atoms with Crippen molar-refractivity contribution in [2.75, 3.05) is 7.11 Å². The fourth-order valence-electron chi connectivity index (χ4n) is 2.25. The van der Waals surface area contributed by atoms with Crippen molar-refractivity contribution in [3.63, 3.8) is 0 Å². The number of fused-ring (bicyclic) bond motifs is 1. The lowest BCUT2D eigenvalue weighted by atomic mass is 10.2. The number of rotatable bonds is 4. The van der Waals surface area contributed by atoms with E-state index < -0.39 is 5.97 Å². The van der Waals surface area contributed by atoms with Crippen molar-refractivity contribution in [2.24, 2.45) is 0 Å². The minimum absolute atomic E-state index is 0.238. The topological polar surface area (TPSA) is 77.2 Å². The average molecular weight is 318 g/mol. The van der Waals surface area contributed by atoms with Crippen LogP contribution in [0.15, 0.2) is 36.5 Å². The molecule has 0 bridgehead atoms. The summed E-state index contributed by atoms with van der Waals surface area (Å²) in [5, 5.41) is 9.59. The first-order valence-electron chi connectivity index (χ1n) is 6.46. The van der Waals surface area contributed by atoms with Crippen molar-refractivity contribution in [1.29, 1.82) is 0 Å². The number of carboxylic acid groups (broad SMARTS) is 1. The number of ether oxygens (including phenoxy) is 1. The van der Waals surface area contributed by atoms with Crippen molar-refractivity contribution in [3.8, 4) is 17.1 Å². The second kappa shape index (κ2) is 5.65. The van der Waals surface area contributed by atoms with Crippen LogP contribution in [-0.2, 0) is 11.3 Å². The van der Waals surface area contributed by atoms with Crippen molar-refractivity contribution in [3.05, 3.63) is 41.6 Å². The largest absolute Gasteiger partial charge is 0.497 e. The number of aromatic nitrogens is 3. The van der Waals surface area contributed by atoms with Crippen LogP contribution in [0.25, 0.3) is 22.6 Å². The Hall–Kier alpha value is -2.60. The zero-order valence-corrected chi connectivity index (χ0v) is 12.4. The van der Waals surface area contributed by atoms with Crippen LogP contribution >= 0.6 is 11.6 Å². The van der Waals surface area contributed by atoms with Crippen LogP contribution in [0.3, 0.4) is 0 Å². The summed E-state index contributed by atoms with van der Waals surface area (Å²) in [5.41, 5.74) is 1.77. The average Bonchev–Trinajstić information content (AvgIpc) is 2.84. The fourth-order valence-corrected chi connectivity index (χ4v) is 2.41. The summed E-state index contributed by atoms with van der Waals surface area (Å²) in [4.78, 5) is 19.8. The number of imidazole rings is 1. The van der Waals surface area contributed by atoms with E-state index in [0.29, 0.717) is 27.8 Å². The molecular formula is C15H12ClN3O3. The first-order chi connectivity index (χ1) is 10.6. The Balaban J connectivity index is 2.24. The lowest BCUT2D eigenvalue weighted by molar-refractivity contribution is -0.137. The standard InChI is InChI=1S/C15H12ClN3O3/c1-22-11-4-2-3-9(5-11)14-18-12-6-10(16)7-17-15(12)19(14)8-13(20)21/h2-7H,8H2,1H3,(H,20,21). The van der Waals surface area contributed by atoms with Gasteiger partial charge in [0.2, 0.25) is 0 Å². The molecule has 0 aliphatic carbocycles. The summed E-state index contributed by atoms with van der Waals surface area (Å²) >= 11 is 5.93. The first-order valence-corrected chi connectivity index (χ1v) is 6.84. The molecule has 0 atom stereocenters. The maximum absolute atomic E-state index is 11.2. The third-order valence-corrected chi connectivity index (χ3v) is 3.38. The van der Waals surface area contributed by atoms with Gasteiger partial charge >= 0.3 is 5.97 Å². The van der Waals surface area contributed by atoms with E-state index in [1.165, 1.54) is 6.20 Å². The molecule has 0 aliphatic heterocycles. The van der Waals surface area contributed by atoms with Crippen LogP contribution in [0.4, 0.5) is 0 Å². The van der Waals surface area contributed by atoms with Crippen molar-refractivity contribution in [2.45, 2.75) is 6.54 Å². The summed E-state index contributed by atoms with van der Waals surface area (Å²) in [6.07, 6.45) is 1.47. The summed E-state index contributed by atoms with van der Waals surface area (Å²) in [7, 11) is 1.57. The monoisotopic (exact) mass is 317 g/mol. The van der Waals surface area contributed by atoms with Crippen LogP contribution in [0, 0.1) is 0 Å². The molecule has 0 aliphatic rings. The number of hydrogen-bond donors (Lipinski definition) is 1. The number of aliphatic carboxylic acids is 1. The Morgan fingerprint density at radius 2 is 2.23 bits per heavy atom. The van der Waals surface area contributed by atoms with Gasteiger partial charge in [0.1, 0.15) is 23.6 Å². The summed E-state index contributed by atoms with van der Waals surface area (Å²) in [6.45, 7) is -0.238. The van der Waals surface area contributed by atoms with Crippen molar-refractivity contribution in [1.82, 2.24) is 14.5 Å². The van der Waals surface area contributed by atoms with Gasteiger partial charge in [0.25, 0.3) is 0 Å². The number of methoxy groups -OCH3 is 1. The molecule has 0 amide bonds. The Morgan fingerprint density at radius 3 is 2.95 bits per heavy atom. The second-order valence-corrected chi connectivity index (χ2v) is 5.08. The van der Waals surface area contributed by atoms with Crippen LogP contribution in [0.2, 0.25) is 5.02 Å². The molecule has 2 aromatic heterocycles. The summed E-state index contributed by atoms with van der Waals surface area (Å²) < 4.78 is 6.74. The van der Waals surface area contributed by atoms with Gasteiger partial charge in [0.15, 0.2) is 5.65 Å². The molecule has 0 unspecified atom stereocenters. The molecule has 0 radical (unpaired) electrons. The number of benzene rings is 1. The molecule has 1 N–H and O–H groups in total. The van der Waals surface area contributed by atoms with Gasteiger partial charge < -0.3 is 9.84 Å². The van der Waals surface area contributed by atoms with Crippen LogP contribution in [0.5, 0.6) is 5.75 Å². The van der Waals surface area contributed by atoms with Gasteiger partial charge in [0.05, 0.1) is 12.1 Å². The maximum Gasteiger partial charge on any atom is 0.323 e. The number of halogens is 1. The normalized spacial score (nSPS) is 10.8. The SMILES string of the molecule is COc1cccc(-c2nc3cc(Cl)cnc3n2CC(=O)O)c1. The molecule has 3 aromatic rings. The van der Waals surface area contributed by atoms with Gasteiger partial charge in [-0.1, -0.05) is 23.7 Å². The smallest absolute Gasteiger partial charge is 0.323 e. The lowest BCUT2D eigenvalue weighted by Crippen LogP contribution is -2.10. The van der Waals surface area contributed by atoms with Crippen LogP contribution in [0.1, 0.15) is 0 Å². The quantitative estimate of drug-likeness (QED) is 0.800. The summed E-state index contributed by atoms with van der Waals surface area (Å²) in [6, 6.07) is 8.92. The van der Waals surface area contributed by atoms with Gasteiger partial charge in [-0.15, -0.1) is 0 Å². The zero-order valence-electron chi connectivity index (χ0n) is 11.7. The van der Waals surface area contributed by atoms with E-state index in [1.807, 2.05) is 18.2 Å². The third-order valence-electron chi connectivity index (χ3n) is 3.17. The predicted molar refractivity (Wildman–Crippen MR) is 82.2 cm³/mol. The second-order valence-electron chi connectivity index (χ2n) is 4.64. The minimum atomic E-state index is -0.972. The first kappa shape index (κ1) is 14.3. The van der Waals surface area contributed by atoms with Gasteiger partial charge in [0, 0.05) is 11.8 Å². The molecule has 2 heterocycles. The molecule has 1 aromatic carbocycles. The van der Waals surface area contributed by atoms with E-state index in [9.17, 15) is 4.79 Å². The van der Waals surface area contributed by atoms with Gasteiger partial charge in [-0.25, -0.2) is 9.97 Å². The maximum atomic E-state index is 11.2. The number of pyridine rings is 1. The number of carbonyl (C=O) groups is 1. The molecular weight excluding hydrogens is 306 g/mol. The molecule has 112 valence electrons. The summed E-state index contributed by atoms with van der Waals surface area (Å²) in [5.74, 6) is 0.198. The highest BCUT2D eigenvalue weighted by atomic mass is 35.5. The van der Waals surface area contributed by atoms with E-state index in [0.717, 1.165) is 5.56 Å². The Labute approximate surface area is 130 Å². The molecule has 0 saturated carbocycles. The third kappa shape index (κ3) is 2.60. The molecule has 0 saturated heterocycles. The highest BCUT2D eigenvalue weighted by Crippen LogP contribution is 2.27. The zero-order chi connectivity index (χ0) is 15.7. The molecule has 6 nitrogen and oxygen atoms in total. The Kier molecular flexibility index (Phi) is 3.68.